The maximum atomic E-state index is 12.6. The number of amides is 1. The van der Waals surface area contributed by atoms with Crippen molar-refractivity contribution >= 4 is 11.9 Å². The van der Waals surface area contributed by atoms with Gasteiger partial charge >= 0.3 is 5.97 Å². The van der Waals surface area contributed by atoms with Crippen molar-refractivity contribution < 1.29 is 28.9 Å². The zero-order valence-electron chi connectivity index (χ0n) is 14.2. The lowest BCUT2D eigenvalue weighted by molar-refractivity contribution is -0.137. The van der Waals surface area contributed by atoms with Gasteiger partial charge in [-0.2, -0.15) is 0 Å². The molecule has 1 unspecified atom stereocenters. The minimum atomic E-state index is -1.01. The average molecular weight is 357 g/mol. The van der Waals surface area contributed by atoms with E-state index in [1.54, 1.807) is 49.6 Å². The Labute approximate surface area is 150 Å². The van der Waals surface area contributed by atoms with E-state index in [9.17, 15) is 14.7 Å². The number of carboxylic acids is 1. The summed E-state index contributed by atoms with van der Waals surface area (Å²) in [5, 5.41) is 11.9. The van der Waals surface area contributed by atoms with Crippen LogP contribution in [-0.2, 0) is 4.79 Å². The third-order valence-corrected chi connectivity index (χ3v) is 4.01. The average Bonchev–Trinajstić information content (AvgIpc) is 2.66. The number of fused-ring (bicyclic) bond motifs is 1. The summed E-state index contributed by atoms with van der Waals surface area (Å²) in [6.07, 6.45) is -0.234. The molecule has 3 rings (SSSR count). The molecule has 1 aliphatic rings. The molecule has 136 valence electrons. The Morgan fingerprint density at radius 2 is 1.81 bits per heavy atom. The monoisotopic (exact) mass is 357 g/mol. The molecule has 0 aromatic heterocycles. The molecule has 0 saturated carbocycles. The number of carbonyl (C=O) groups excluding carboxylic acids is 1. The minimum absolute atomic E-state index is 0.234. The van der Waals surface area contributed by atoms with Crippen LogP contribution < -0.4 is 19.5 Å². The van der Waals surface area contributed by atoms with Crippen LogP contribution in [0.3, 0.4) is 0 Å². The van der Waals surface area contributed by atoms with Crippen molar-refractivity contribution in [2.75, 3.05) is 20.3 Å². The van der Waals surface area contributed by atoms with Gasteiger partial charge in [0.1, 0.15) is 19.0 Å². The molecular formula is C19H19NO6. The number of ether oxygens (including phenoxy) is 3. The van der Waals surface area contributed by atoms with E-state index in [0.717, 1.165) is 0 Å². The lowest BCUT2D eigenvalue weighted by Crippen LogP contribution is -2.30. The van der Waals surface area contributed by atoms with E-state index in [1.165, 1.54) is 0 Å². The summed E-state index contributed by atoms with van der Waals surface area (Å²) >= 11 is 0. The maximum Gasteiger partial charge on any atom is 0.305 e. The highest BCUT2D eigenvalue weighted by Gasteiger charge is 2.21. The predicted octanol–water partition coefficient (Wildman–Crippen LogP) is 2.41. The summed E-state index contributed by atoms with van der Waals surface area (Å²) in [6.45, 7) is 0.891. The number of carbonyl (C=O) groups is 2. The molecule has 0 bridgehead atoms. The maximum absolute atomic E-state index is 12.6. The molecule has 0 fully saturated rings. The summed E-state index contributed by atoms with van der Waals surface area (Å²) in [5.41, 5.74) is 1.05. The molecule has 1 aliphatic heterocycles. The standard InChI is InChI=1S/C19H19NO6/c1-24-14-5-2-12(3-6-14)15(11-18(21)22)20-19(23)13-4-7-16-17(10-13)26-9-8-25-16/h2-7,10,15H,8-9,11H2,1H3,(H,20,23)(H,21,22). The Hall–Kier alpha value is -3.22. The van der Waals surface area contributed by atoms with Crippen LogP contribution in [0.4, 0.5) is 0 Å². The Kier molecular flexibility index (Phi) is 5.26. The van der Waals surface area contributed by atoms with Crippen molar-refractivity contribution in [2.45, 2.75) is 12.5 Å². The topological polar surface area (TPSA) is 94.1 Å². The number of carboxylic acid groups (broad SMARTS) is 1. The van der Waals surface area contributed by atoms with Crippen molar-refractivity contribution in [3.8, 4) is 17.2 Å². The third kappa shape index (κ3) is 4.05. The minimum Gasteiger partial charge on any atom is -0.497 e. The third-order valence-electron chi connectivity index (χ3n) is 4.01. The van der Waals surface area contributed by atoms with Gasteiger partial charge in [-0.15, -0.1) is 0 Å². The smallest absolute Gasteiger partial charge is 0.305 e. The van der Waals surface area contributed by atoms with Crippen LogP contribution in [0.15, 0.2) is 42.5 Å². The summed E-state index contributed by atoms with van der Waals surface area (Å²) in [6, 6.07) is 11.1. The van der Waals surface area contributed by atoms with E-state index in [0.29, 0.717) is 41.6 Å². The SMILES string of the molecule is COc1ccc(C(CC(=O)O)NC(=O)c2ccc3c(c2)OCCO3)cc1. The molecule has 1 atom stereocenters. The fraction of sp³-hybridized carbons (Fsp3) is 0.263. The van der Waals surface area contributed by atoms with Crippen molar-refractivity contribution in [1.82, 2.24) is 5.32 Å². The van der Waals surface area contributed by atoms with Crippen LogP contribution >= 0.6 is 0 Å². The zero-order chi connectivity index (χ0) is 18.5. The lowest BCUT2D eigenvalue weighted by atomic mass is 10.0. The zero-order valence-corrected chi connectivity index (χ0v) is 14.2. The van der Waals surface area contributed by atoms with Gasteiger partial charge in [-0.3, -0.25) is 9.59 Å². The van der Waals surface area contributed by atoms with Crippen molar-refractivity contribution in [1.29, 1.82) is 0 Å². The number of hydrogen-bond acceptors (Lipinski definition) is 5. The first-order valence-electron chi connectivity index (χ1n) is 8.13. The van der Waals surface area contributed by atoms with E-state index in [-0.39, 0.29) is 12.3 Å². The van der Waals surface area contributed by atoms with Gasteiger partial charge in [0, 0.05) is 5.56 Å². The van der Waals surface area contributed by atoms with E-state index in [1.807, 2.05) is 0 Å². The van der Waals surface area contributed by atoms with Gasteiger partial charge in [0.25, 0.3) is 5.91 Å². The van der Waals surface area contributed by atoms with Crippen molar-refractivity contribution in [2.24, 2.45) is 0 Å². The second-order valence-corrected chi connectivity index (χ2v) is 5.76. The molecule has 0 saturated heterocycles. The van der Waals surface area contributed by atoms with Gasteiger partial charge in [0.05, 0.1) is 19.6 Å². The fourth-order valence-corrected chi connectivity index (χ4v) is 2.69. The lowest BCUT2D eigenvalue weighted by Gasteiger charge is -2.20. The van der Waals surface area contributed by atoms with Crippen LogP contribution in [0.5, 0.6) is 17.2 Å². The first-order valence-corrected chi connectivity index (χ1v) is 8.13. The largest absolute Gasteiger partial charge is 0.497 e. The molecule has 2 N–H and O–H groups in total. The van der Waals surface area contributed by atoms with Crippen molar-refractivity contribution in [3.05, 3.63) is 53.6 Å². The number of hydrogen-bond donors (Lipinski definition) is 2. The number of methoxy groups -OCH3 is 1. The number of aliphatic carboxylic acids is 1. The van der Waals surface area contributed by atoms with Gasteiger partial charge in [0.15, 0.2) is 11.5 Å². The molecule has 1 heterocycles. The molecule has 1 amide bonds. The highest BCUT2D eigenvalue weighted by Crippen LogP contribution is 2.31. The van der Waals surface area contributed by atoms with Crippen molar-refractivity contribution in [3.63, 3.8) is 0 Å². The summed E-state index contributed by atoms with van der Waals surface area (Å²) < 4.78 is 16.0. The first kappa shape index (κ1) is 17.6. The highest BCUT2D eigenvalue weighted by molar-refractivity contribution is 5.95. The Balaban J connectivity index is 1.79. The molecule has 26 heavy (non-hydrogen) atoms. The number of nitrogens with one attached hydrogen (secondary N) is 1. The van der Waals surface area contributed by atoms with E-state index in [2.05, 4.69) is 5.32 Å². The Bertz CT molecular complexity index is 802. The van der Waals surface area contributed by atoms with Crippen LogP contribution in [0, 0.1) is 0 Å². The normalized spacial score (nSPS) is 13.6. The van der Waals surface area contributed by atoms with Gasteiger partial charge < -0.3 is 24.6 Å². The Morgan fingerprint density at radius 3 is 2.46 bits per heavy atom. The molecule has 2 aromatic carbocycles. The molecule has 0 spiro atoms. The predicted molar refractivity (Wildman–Crippen MR) is 92.9 cm³/mol. The van der Waals surface area contributed by atoms with E-state index in [4.69, 9.17) is 14.2 Å². The van der Waals surface area contributed by atoms with Gasteiger partial charge in [-0.1, -0.05) is 12.1 Å². The number of benzene rings is 2. The van der Waals surface area contributed by atoms with E-state index < -0.39 is 12.0 Å². The summed E-state index contributed by atoms with van der Waals surface area (Å²) in [4.78, 5) is 23.8. The summed E-state index contributed by atoms with van der Waals surface area (Å²) in [7, 11) is 1.55. The van der Waals surface area contributed by atoms with Crippen LogP contribution in [0.2, 0.25) is 0 Å². The molecule has 0 radical (unpaired) electrons. The highest BCUT2D eigenvalue weighted by atomic mass is 16.6. The van der Waals surface area contributed by atoms with Crippen LogP contribution in [0.25, 0.3) is 0 Å². The van der Waals surface area contributed by atoms with Crippen LogP contribution in [0.1, 0.15) is 28.4 Å². The van der Waals surface area contributed by atoms with Crippen LogP contribution in [-0.4, -0.2) is 37.3 Å². The second-order valence-electron chi connectivity index (χ2n) is 5.76. The van der Waals surface area contributed by atoms with Gasteiger partial charge in [-0.25, -0.2) is 0 Å². The molecule has 7 heteroatoms. The Morgan fingerprint density at radius 1 is 1.12 bits per heavy atom. The molecule has 2 aromatic rings. The van der Waals surface area contributed by atoms with Gasteiger partial charge in [-0.05, 0) is 35.9 Å². The molecular weight excluding hydrogens is 338 g/mol. The first-order chi connectivity index (χ1) is 12.6. The molecule has 7 nitrogen and oxygen atoms in total. The second kappa shape index (κ2) is 7.77. The van der Waals surface area contributed by atoms with Gasteiger partial charge in [0.2, 0.25) is 0 Å². The number of rotatable bonds is 6. The quantitative estimate of drug-likeness (QED) is 0.825. The summed E-state index contributed by atoms with van der Waals surface area (Å²) in [5.74, 6) is 0.353. The van der Waals surface area contributed by atoms with E-state index >= 15 is 0 Å². The molecule has 0 aliphatic carbocycles. The fourth-order valence-electron chi connectivity index (χ4n) is 2.69.